The lowest BCUT2D eigenvalue weighted by Crippen LogP contribution is -2.60. The van der Waals surface area contributed by atoms with Crippen LogP contribution in [0.5, 0.6) is 5.88 Å². The second-order valence-electron chi connectivity index (χ2n) is 10.1. The number of piperidine rings is 1. The molecule has 3 aromatic rings. The molecule has 7 heteroatoms. The molecule has 1 aliphatic carbocycles. The second-order valence-corrected chi connectivity index (χ2v) is 10.1. The molecule has 0 spiro atoms. The largest absolute Gasteiger partial charge is 0.481 e. The molecule has 0 radical (unpaired) electrons. The number of methoxy groups -OCH3 is 1. The fourth-order valence-electron chi connectivity index (χ4n) is 6.22. The molecular weight excluding hydrogens is 468 g/mol. The Hall–Kier alpha value is -3.71. The SMILES string of the molecule is COc1cc(C)c(C(=O)C2CC3COCC(C2)N3C(=O)OCC2c3ccccc3-c3ccccc32)cn1. The van der Waals surface area contributed by atoms with Gasteiger partial charge in [-0.15, -0.1) is 0 Å². The molecular formula is C30H30N2O5. The lowest BCUT2D eigenvalue weighted by atomic mass is 9.80. The van der Waals surface area contributed by atoms with Gasteiger partial charge in [0.1, 0.15) is 6.61 Å². The Morgan fingerprint density at radius 2 is 1.62 bits per heavy atom. The molecule has 190 valence electrons. The lowest BCUT2D eigenvalue weighted by Gasteiger charge is -2.47. The molecule has 0 N–H and O–H groups in total. The number of rotatable bonds is 5. The monoisotopic (exact) mass is 498 g/mol. The Kier molecular flexibility index (Phi) is 6.16. The van der Waals surface area contributed by atoms with Gasteiger partial charge < -0.3 is 14.2 Å². The number of Topliss-reactive ketones (excluding diaryl/α,β-unsaturated/α-hetero) is 1. The van der Waals surface area contributed by atoms with Crippen LogP contribution in [0.4, 0.5) is 4.79 Å². The average molecular weight is 499 g/mol. The first-order chi connectivity index (χ1) is 18.0. The summed E-state index contributed by atoms with van der Waals surface area (Å²) in [5.74, 6) is 0.378. The first-order valence-electron chi connectivity index (χ1n) is 12.8. The quantitative estimate of drug-likeness (QED) is 0.460. The van der Waals surface area contributed by atoms with E-state index in [4.69, 9.17) is 14.2 Å². The Labute approximate surface area is 216 Å². The summed E-state index contributed by atoms with van der Waals surface area (Å²) in [4.78, 5) is 32.9. The fourth-order valence-corrected chi connectivity index (χ4v) is 6.22. The highest BCUT2D eigenvalue weighted by Crippen LogP contribution is 2.44. The van der Waals surface area contributed by atoms with Gasteiger partial charge in [0, 0.05) is 29.7 Å². The highest BCUT2D eigenvalue weighted by molar-refractivity contribution is 5.99. The third-order valence-electron chi connectivity index (χ3n) is 8.00. The normalized spacial score (nSPS) is 22.2. The van der Waals surface area contributed by atoms with Gasteiger partial charge in [-0.05, 0) is 47.6 Å². The molecule has 3 heterocycles. The Morgan fingerprint density at radius 1 is 1.00 bits per heavy atom. The number of carbonyl (C=O) groups excluding carboxylic acids is 2. The number of ketones is 1. The van der Waals surface area contributed by atoms with Gasteiger partial charge in [-0.25, -0.2) is 9.78 Å². The molecule has 1 aromatic heterocycles. The summed E-state index contributed by atoms with van der Waals surface area (Å²) in [6.07, 6.45) is 2.37. The molecule has 6 rings (SSSR count). The van der Waals surface area contributed by atoms with E-state index in [1.807, 2.05) is 36.1 Å². The van der Waals surface area contributed by atoms with E-state index in [1.165, 1.54) is 22.3 Å². The first-order valence-corrected chi connectivity index (χ1v) is 12.8. The molecule has 2 aliphatic heterocycles. The number of nitrogens with zero attached hydrogens (tertiary/aromatic N) is 2. The maximum Gasteiger partial charge on any atom is 0.410 e. The molecule has 37 heavy (non-hydrogen) atoms. The summed E-state index contributed by atoms with van der Waals surface area (Å²) >= 11 is 0. The van der Waals surface area contributed by atoms with E-state index in [0.29, 0.717) is 37.5 Å². The van der Waals surface area contributed by atoms with Gasteiger partial charge in [0.2, 0.25) is 5.88 Å². The lowest BCUT2D eigenvalue weighted by molar-refractivity contribution is -0.0747. The maximum atomic E-state index is 13.4. The number of amides is 1. The predicted octanol–water partition coefficient (Wildman–Crippen LogP) is 5.01. The van der Waals surface area contributed by atoms with Crippen molar-refractivity contribution in [2.24, 2.45) is 5.92 Å². The molecule has 3 aliphatic rings. The second kappa shape index (κ2) is 9.63. The summed E-state index contributed by atoms with van der Waals surface area (Å²) in [6.45, 7) is 2.99. The number of hydrogen-bond acceptors (Lipinski definition) is 6. The minimum absolute atomic E-state index is 0.0112. The Bertz CT molecular complexity index is 1300. The molecule has 2 fully saturated rings. The predicted molar refractivity (Wildman–Crippen MR) is 138 cm³/mol. The molecule has 1 amide bonds. The highest BCUT2D eigenvalue weighted by atomic mass is 16.6. The van der Waals surface area contributed by atoms with Crippen LogP contribution < -0.4 is 4.74 Å². The zero-order valence-electron chi connectivity index (χ0n) is 21.1. The topological polar surface area (TPSA) is 78.0 Å². The number of benzene rings is 2. The zero-order valence-corrected chi connectivity index (χ0v) is 21.1. The molecule has 0 saturated carbocycles. The van der Waals surface area contributed by atoms with Gasteiger partial charge in [-0.2, -0.15) is 0 Å². The van der Waals surface area contributed by atoms with E-state index < -0.39 is 0 Å². The van der Waals surface area contributed by atoms with E-state index in [-0.39, 0.29) is 42.4 Å². The highest BCUT2D eigenvalue weighted by Gasteiger charge is 2.45. The summed E-state index contributed by atoms with van der Waals surface area (Å²) in [5, 5.41) is 0. The summed E-state index contributed by atoms with van der Waals surface area (Å²) in [5.41, 5.74) is 6.23. The van der Waals surface area contributed by atoms with Crippen LogP contribution in [0.3, 0.4) is 0 Å². The van der Waals surface area contributed by atoms with Crippen LogP contribution in [-0.2, 0) is 9.47 Å². The van der Waals surface area contributed by atoms with Crippen molar-refractivity contribution < 1.29 is 23.8 Å². The minimum atomic E-state index is -0.326. The van der Waals surface area contributed by atoms with Crippen molar-refractivity contribution in [1.29, 1.82) is 0 Å². The summed E-state index contributed by atoms with van der Waals surface area (Å²) in [7, 11) is 1.56. The van der Waals surface area contributed by atoms with Crippen molar-refractivity contribution >= 4 is 11.9 Å². The van der Waals surface area contributed by atoms with Crippen molar-refractivity contribution in [3.05, 3.63) is 83.0 Å². The van der Waals surface area contributed by atoms with Crippen molar-refractivity contribution in [1.82, 2.24) is 9.88 Å². The number of morpholine rings is 1. The number of fused-ring (bicyclic) bond motifs is 5. The fraction of sp³-hybridized carbons (Fsp3) is 0.367. The van der Waals surface area contributed by atoms with Crippen molar-refractivity contribution in [2.75, 3.05) is 26.9 Å². The van der Waals surface area contributed by atoms with E-state index in [1.54, 1.807) is 19.4 Å². The van der Waals surface area contributed by atoms with Gasteiger partial charge in [0.05, 0.1) is 32.4 Å². The average Bonchev–Trinajstić information content (AvgIpc) is 3.24. The molecule has 2 atom stereocenters. The van der Waals surface area contributed by atoms with Crippen LogP contribution in [0.25, 0.3) is 11.1 Å². The van der Waals surface area contributed by atoms with E-state index in [2.05, 4.69) is 29.2 Å². The third kappa shape index (κ3) is 4.17. The van der Waals surface area contributed by atoms with Crippen molar-refractivity contribution in [3.63, 3.8) is 0 Å². The molecule has 2 aromatic carbocycles. The van der Waals surface area contributed by atoms with E-state index in [0.717, 1.165) is 5.56 Å². The van der Waals surface area contributed by atoms with E-state index >= 15 is 0 Å². The number of aromatic nitrogens is 1. The van der Waals surface area contributed by atoms with E-state index in [9.17, 15) is 9.59 Å². The summed E-state index contributed by atoms with van der Waals surface area (Å²) < 4.78 is 16.9. The van der Waals surface area contributed by atoms with Crippen LogP contribution in [0.15, 0.2) is 60.8 Å². The van der Waals surface area contributed by atoms with Crippen LogP contribution in [0, 0.1) is 12.8 Å². The third-order valence-corrected chi connectivity index (χ3v) is 8.00. The van der Waals surface area contributed by atoms with Crippen LogP contribution in [-0.4, -0.2) is 60.8 Å². The summed E-state index contributed by atoms with van der Waals surface area (Å²) in [6, 6.07) is 18.0. The minimum Gasteiger partial charge on any atom is -0.481 e. The van der Waals surface area contributed by atoms with Gasteiger partial charge in [-0.1, -0.05) is 48.5 Å². The molecule has 2 saturated heterocycles. The number of aryl methyl sites for hydroxylation is 1. The van der Waals surface area contributed by atoms with Crippen molar-refractivity contribution in [2.45, 2.75) is 37.8 Å². The van der Waals surface area contributed by atoms with Gasteiger partial charge in [-0.3, -0.25) is 9.69 Å². The van der Waals surface area contributed by atoms with Crippen LogP contribution >= 0.6 is 0 Å². The van der Waals surface area contributed by atoms with Crippen LogP contribution in [0.2, 0.25) is 0 Å². The molecule has 7 nitrogen and oxygen atoms in total. The molecule has 2 unspecified atom stereocenters. The first kappa shape index (κ1) is 23.7. The number of ether oxygens (including phenoxy) is 3. The maximum absolute atomic E-state index is 13.4. The number of hydrogen-bond donors (Lipinski definition) is 0. The molecule has 2 bridgehead atoms. The Morgan fingerprint density at radius 3 is 2.22 bits per heavy atom. The zero-order chi connectivity index (χ0) is 25.5. The van der Waals surface area contributed by atoms with Crippen LogP contribution in [0.1, 0.15) is 45.8 Å². The van der Waals surface area contributed by atoms with Gasteiger partial charge >= 0.3 is 6.09 Å². The number of carbonyl (C=O) groups is 2. The van der Waals surface area contributed by atoms with Crippen molar-refractivity contribution in [3.8, 4) is 17.0 Å². The standard InChI is InChI=1S/C30H30N2O5/c1-18-11-28(35-2)31-14-26(18)29(33)19-12-20-15-36-16-21(13-19)32(20)30(34)37-17-27-24-9-5-3-7-22(24)23-8-4-6-10-25(23)27/h3-11,14,19-21,27H,12-13,15-17H2,1-2H3. The van der Waals surface area contributed by atoms with Gasteiger partial charge in [0.25, 0.3) is 0 Å². The van der Waals surface area contributed by atoms with Gasteiger partial charge in [0.15, 0.2) is 5.78 Å². The Balaban J connectivity index is 1.16. The number of pyridine rings is 1. The smallest absolute Gasteiger partial charge is 0.410 e.